The van der Waals surface area contributed by atoms with Crippen molar-refractivity contribution in [1.29, 1.82) is 0 Å². The van der Waals surface area contributed by atoms with E-state index in [0.717, 1.165) is 24.6 Å². The largest absolute Gasteiger partial charge is 0.355 e. The van der Waals surface area contributed by atoms with Gasteiger partial charge in [-0.3, -0.25) is 0 Å². The molecule has 3 nitrogen and oxygen atoms in total. The van der Waals surface area contributed by atoms with Crippen LogP contribution in [0.25, 0.3) is 0 Å². The lowest BCUT2D eigenvalue weighted by Gasteiger charge is -2.23. The van der Waals surface area contributed by atoms with Gasteiger partial charge < -0.3 is 10.6 Å². The Morgan fingerprint density at radius 2 is 2.57 bits per heavy atom. The quantitative estimate of drug-likeness (QED) is 0.801. The van der Waals surface area contributed by atoms with E-state index in [-0.39, 0.29) is 5.54 Å². The monoisotopic (exact) mass is 211 g/mol. The van der Waals surface area contributed by atoms with Crippen molar-refractivity contribution >= 4 is 16.5 Å². The van der Waals surface area contributed by atoms with Crippen LogP contribution in [-0.4, -0.2) is 23.6 Å². The summed E-state index contributed by atoms with van der Waals surface area (Å²) in [6.07, 6.45) is 2.20. The van der Waals surface area contributed by atoms with E-state index in [1.165, 1.54) is 12.1 Å². The summed E-state index contributed by atoms with van der Waals surface area (Å²) < 4.78 is 0. The summed E-state index contributed by atoms with van der Waals surface area (Å²) in [5.41, 5.74) is 1.38. The molecule has 1 aromatic heterocycles. The summed E-state index contributed by atoms with van der Waals surface area (Å²) in [4.78, 5) is 4.52. The van der Waals surface area contributed by atoms with Gasteiger partial charge in [-0.15, -0.1) is 11.3 Å². The zero-order chi connectivity index (χ0) is 10.0. The Morgan fingerprint density at radius 3 is 3.14 bits per heavy atom. The summed E-state index contributed by atoms with van der Waals surface area (Å²) in [5, 5.41) is 10.1. The summed E-state index contributed by atoms with van der Waals surface area (Å²) in [7, 11) is 0. The van der Waals surface area contributed by atoms with E-state index in [1.54, 1.807) is 11.3 Å². The lowest BCUT2D eigenvalue weighted by molar-refractivity contribution is 0.566. The highest BCUT2D eigenvalue weighted by Gasteiger charge is 2.28. The lowest BCUT2D eigenvalue weighted by atomic mass is 10.0. The van der Waals surface area contributed by atoms with E-state index in [1.807, 2.05) is 0 Å². The predicted molar refractivity (Wildman–Crippen MR) is 61.0 cm³/mol. The lowest BCUT2D eigenvalue weighted by Crippen LogP contribution is -2.36. The molecule has 1 aliphatic heterocycles. The molecule has 0 spiro atoms. The summed E-state index contributed by atoms with van der Waals surface area (Å²) in [6.45, 7) is 6.53. The molecule has 0 bridgehead atoms. The Labute approximate surface area is 88.9 Å². The third kappa shape index (κ3) is 2.07. The van der Waals surface area contributed by atoms with Crippen molar-refractivity contribution in [3.63, 3.8) is 0 Å². The Morgan fingerprint density at radius 1 is 1.71 bits per heavy atom. The van der Waals surface area contributed by atoms with Gasteiger partial charge in [-0.2, -0.15) is 0 Å². The first kappa shape index (κ1) is 9.93. The normalized spacial score (nSPS) is 26.7. The Bertz CT molecular complexity index is 302. The number of aryl methyl sites for hydroxylation is 1. The van der Waals surface area contributed by atoms with E-state index in [9.17, 15) is 0 Å². The molecule has 1 aliphatic rings. The van der Waals surface area contributed by atoms with Crippen LogP contribution in [-0.2, 0) is 6.42 Å². The molecule has 14 heavy (non-hydrogen) atoms. The molecule has 1 aromatic rings. The maximum atomic E-state index is 4.52. The second kappa shape index (κ2) is 3.87. The number of hydrogen-bond acceptors (Lipinski definition) is 4. The molecule has 4 heteroatoms. The van der Waals surface area contributed by atoms with Crippen LogP contribution in [0.4, 0.5) is 5.13 Å². The number of anilines is 1. The second-order valence-electron chi connectivity index (χ2n) is 4.11. The SMILES string of the molecule is CCc1csc(NC2(C)CCNC2)n1. The van der Waals surface area contributed by atoms with Gasteiger partial charge in [-0.05, 0) is 26.3 Å². The highest BCUT2D eigenvalue weighted by molar-refractivity contribution is 7.13. The average molecular weight is 211 g/mol. The Balaban J connectivity index is 2.02. The van der Waals surface area contributed by atoms with E-state index >= 15 is 0 Å². The van der Waals surface area contributed by atoms with Gasteiger partial charge >= 0.3 is 0 Å². The highest BCUT2D eigenvalue weighted by Crippen LogP contribution is 2.23. The molecule has 1 atom stereocenters. The molecule has 0 radical (unpaired) electrons. The van der Waals surface area contributed by atoms with Crippen LogP contribution in [0.2, 0.25) is 0 Å². The fourth-order valence-corrected chi connectivity index (χ4v) is 2.65. The third-order valence-electron chi connectivity index (χ3n) is 2.69. The molecule has 2 rings (SSSR count). The molecule has 2 N–H and O–H groups in total. The van der Waals surface area contributed by atoms with Gasteiger partial charge in [-0.25, -0.2) is 4.98 Å². The topological polar surface area (TPSA) is 37.0 Å². The molecular weight excluding hydrogens is 194 g/mol. The maximum absolute atomic E-state index is 4.52. The second-order valence-corrected chi connectivity index (χ2v) is 4.97. The van der Waals surface area contributed by atoms with Gasteiger partial charge in [0, 0.05) is 11.9 Å². The van der Waals surface area contributed by atoms with E-state index in [2.05, 4.69) is 34.8 Å². The van der Waals surface area contributed by atoms with Crippen molar-refractivity contribution in [3.8, 4) is 0 Å². The molecular formula is C10H17N3S. The molecule has 2 heterocycles. The van der Waals surface area contributed by atoms with Crippen LogP contribution in [0.5, 0.6) is 0 Å². The van der Waals surface area contributed by atoms with Crippen molar-refractivity contribution in [2.75, 3.05) is 18.4 Å². The number of nitrogens with zero attached hydrogens (tertiary/aromatic N) is 1. The number of thiazole rings is 1. The van der Waals surface area contributed by atoms with Gasteiger partial charge in [0.2, 0.25) is 0 Å². The van der Waals surface area contributed by atoms with Gasteiger partial charge in [0.25, 0.3) is 0 Å². The molecule has 78 valence electrons. The first-order valence-electron chi connectivity index (χ1n) is 5.15. The fraction of sp³-hybridized carbons (Fsp3) is 0.700. The van der Waals surface area contributed by atoms with Gasteiger partial charge in [0.15, 0.2) is 5.13 Å². The number of aromatic nitrogens is 1. The minimum absolute atomic E-state index is 0.197. The number of hydrogen-bond donors (Lipinski definition) is 2. The molecule has 1 saturated heterocycles. The van der Waals surface area contributed by atoms with Gasteiger partial charge in [0.1, 0.15) is 0 Å². The first-order chi connectivity index (χ1) is 6.72. The summed E-state index contributed by atoms with van der Waals surface area (Å²) in [6, 6.07) is 0. The molecule has 0 aromatic carbocycles. The summed E-state index contributed by atoms with van der Waals surface area (Å²) in [5.74, 6) is 0. The molecule has 1 unspecified atom stereocenters. The molecule has 0 aliphatic carbocycles. The zero-order valence-electron chi connectivity index (χ0n) is 8.76. The van der Waals surface area contributed by atoms with Crippen molar-refractivity contribution in [1.82, 2.24) is 10.3 Å². The molecule has 0 amide bonds. The number of rotatable bonds is 3. The van der Waals surface area contributed by atoms with Crippen LogP contribution in [0.1, 0.15) is 26.0 Å². The summed E-state index contributed by atoms with van der Waals surface area (Å²) >= 11 is 1.71. The minimum Gasteiger partial charge on any atom is -0.355 e. The van der Waals surface area contributed by atoms with E-state index < -0.39 is 0 Å². The van der Waals surface area contributed by atoms with Crippen molar-refractivity contribution in [2.24, 2.45) is 0 Å². The minimum atomic E-state index is 0.197. The molecule has 1 fully saturated rings. The van der Waals surface area contributed by atoms with Crippen molar-refractivity contribution in [3.05, 3.63) is 11.1 Å². The standard InChI is InChI=1S/C10H17N3S/c1-3-8-6-14-9(12-8)13-10(2)4-5-11-7-10/h6,11H,3-5,7H2,1-2H3,(H,12,13). The molecule has 0 saturated carbocycles. The van der Waals surface area contributed by atoms with Gasteiger partial charge in [0.05, 0.1) is 11.2 Å². The maximum Gasteiger partial charge on any atom is 0.183 e. The van der Waals surface area contributed by atoms with Crippen molar-refractivity contribution in [2.45, 2.75) is 32.2 Å². The van der Waals surface area contributed by atoms with Crippen LogP contribution in [0.3, 0.4) is 0 Å². The number of nitrogens with one attached hydrogen (secondary N) is 2. The van der Waals surface area contributed by atoms with E-state index in [4.69, 9.17) is 0 Å². The zero-order valence-corrected chi connectivity index (χ0v) is 9.58. The predicted octanol–water partition coefficient (Wildman–Crippen LogP) is 1.87. The Hall–Kier alpha value is -0.610. The first-order valence-corrected chi connectivity index (χ1v) is 6.03. The third-order valence-corrected chi connectivity index (χ3v) is 3.50. The average Bonchev–Trinajstić information content (AvgIpc) is 2.75. The van der Waals surface area contributed by atoms with Crippen LogP contribution in [0, 0.1) is 0 Å². The van der Waals surface area contributed by atoms with Crippen LogP contribution >= 0.6 is 11.3 Å². The fourth-order valence-electron chi connectivity index (χ4n) is 1.71. The Kier molecular flexibility index (Phi) is 2.74. The van der Waals surface area contributed by atoms with E-state index in [0.29, 0.717) is 0 Å². The smallest absolute Gasteiger partial charge is 0.183 e. The highest BCUT2D eigenvalue weighted by atomic mass is 32.1. The van der Waals surface area contributed by atoms with Gasteiger partial charge in [-0.1, -0.05) is 6.92 Å². The van der Waals surface area contributed by atoms with Crippen molar-refractivity contribution < 1.29 is 0 Å². The van der Waals surface area contributed by atoms with Crippen LogP contribution in [0.15, 0.2) is 5.38 Å². The van der Waals surface area contributed by atoms with Crippen LogP contribution < -0.4 is 10.6 Å².